The summed E-state index contributed by atoms with van der Waals surface area (Å²) in [6, 6.07) is 7.70. The highest BCUT2D eigenvalue weighted by Gasteiger charge is 2.71. The molecule has 1 atom stereocenters. The molecule has 2 amide bonds. The molecule has 4 rings (SSSR count). The molecule has 6 nitrogen and oxygen atoms in total. The van der Waals surface area contributed by atoms with Crippen molar-refractivity contribution in [3.63, 3.8) is 0 Å². The number of ether oxygens (including phenoxy) is 1. The number of aliphatic hydroxyl groups is 1. The lowest BCUT2D eigenvalue weighted by Crippen LogP contribution is -2.53. The number of likely N-dealkylation sites (tertiary alicyclic amines) is 1. The minimum atomic E-state index is -5.92. The Morgan fingerprint density at radius 3 is 2.12 bits per heavy atom. The van der Waals surface area contributed by atoms with Crippen molar-refractivity contribution in [3.8, 4) is 0 Å². The van der Waals surface area contributed by atoms with Gasteiger partial charge in [0.25, 0.3) is 5.60 Å². The molecule has 2 fully saturated rings. The van der Waals surface area contributed by atoms with Crippen LogP contribution in [0.25, 0.3) is 0 Å². The van der Waals surface area contributed by atoms with Crippen LogP contribution in [0.15, 0.2) is 42.5 Å². The van der Waals surface area contributed by atoms with Crippen molar-refractivity contribution in [3.05, 3.63) is 65.0 Å². The van der Waals surface area contributed by atoms with E-state index in [4.69, 9.17) is 4.74 Å². The van der Waals surface area contributed by atoms with E-state index in [0.717, 1.165) is 30.5 Å². The Labute approximate surface area is 226 Å². The second-order valence-corrected chi connectivity index (χ2v) is 10.3. The van der Waals surface area contributed by atoms with Gasteiger partial charge in [-0.25, -0.2) is 9.18 Å². The maximum atomic E-state index is 14.6. The van der Waals surface area contributed by atoms with Crippen LogP contribution in [0.2, 0.25) is 0 Å². The first-order valence-electron chi connectivity index (χ1n) is 12.9. The van der Waals surface area contributed by atoms with Gasteiger partial charge < -0.3 is 20.5 Å². The van der Waals surface area contributed by atoms with Crippen molar-refractivity contribution in [2.75, 3.05) is 31.6 Å². The molecule has 13 heteroatoms. The van der Waals surface area contributed by atoms with Crippen LogP contribution >= 0.6 is 0 Å². The number of nitrogens with one attached hydrogen (secondary N) is 2. The number of halogens is 7. The van der Waals surface area contributed by atoms with Gasteiger partial charge in [-0.3, -0.25) is 4.90 Å². The third kappa shape index (κ3) is 6.87. The largest absolute Gasteiger partial charge is 0.430 e. The van der Waals surface area contributed by atoms with Crippen molar-refractivity contribution in [1.82, 2.24) is 10.2 Å². The Morgan fingerprint density at radius 1 is 0.950 bits per heavy atom. The normalized spacial score (nSPS) is 19.6. The number of anilines is 1. The summed E-state index contributed by atoms with van der Waals surface area (Å²) in [5, 5.41) is 14.8. The van der Waals surface area contributed by atoms with Gasteiger partial charge in [-0.1, -0.05) is 30.3 Å². The number of piperidine rings is 1. The summed E-state index contributed by atoms with van der Waals surface area (Å²) in [7, 11) is 0. The van der Waals surface area contributed by atoms with E-state index in [1.807, 2.05) is 4.90 Å². The van der Waals surface area contributed by atoms with Gasteiger partial charge >= 0.3 is 18.4 Å². The fourth-order valence-electron chi connectivity index (χ4n) is 5.06. The molecular weight excluding hydrogens is 547 g/mol. The van der Waals surface area contributed by atoms with Gasteiger partial charge in [-0.05, 0) is 68.0 Å². The molecule has 1 unspecified atom stereocenters. The zero-order chi connectivity index (χ0) is 29.1. The van der Waals surface area contributed by atoms with Crippen LogP contribution in [0.5, 0.6) is 0 Å². The highest BCUT2D eigenvalue weighted by molar-refractivity contribution is 5.89. The van der Waals surface area contributed by atoms with Crippen LogP contribution < -0.4 is 10.6 Å². The quantitative estimate of drug-likeness (QED) is 0.380. The second kappa shape index (κ2) is 11.9. The number of carbonyl (C=O) groups is 1. The topological polar surface area (TPSA) is 73.8 Å². The molecule has 2 heterocycles. The highest BCUT2D eigenvalue weighted by atomic mass is 19.4. The summed E-state index contributed by atoms with van der Waals surface area (Å²) in [6.07, 6.45) is -8.98. The third-order valence-electron chi connectivity index (χ3n) is 7.38. The average molecular weight is 578 g/mol. The smallest absolute Gasteiger partial charge is 0.379 e. The Hall–Kier alpha value is -2.90. The first-order chi connectivity index (χ1) is 18.8. The Balaban J connectivity index is 1.27. The molecule has 220 valence electrons. The molecule has 2 aromatic rings. The van der Waals surface area contributed by atoms with Gasteiger partial charge in [-0.2, -0.15) is 26.3 Å². The monoisotopic (exact) mass is 577 g/mol. The van der Waals surface area contributed by atoms with Crippen LogP contribution in [0.4, 0.5) is 41.2 Å². The summed E-state index contributed by atoms with van der Waals surface area (Å²) < 4.78 is 98.3. The lowest BCUT2D eigenvalue weighted by Gasteiger charge is -2.33. The van der Waals surface area contributed by atoms with Crippen LogP contribution in [0, 0.1) is 11.7 Å². The maximum absolute atomic E-state index is 14.6. The minimum Gasteiger partial charge on any atom is -0.379 e. The zero-order valence-corrected chi connectivity index (χ0v) is 21.4. The molecule has 0 bridgehead atoms. The number of rotatable bonds is 7. The van der Waals surface area contributed by atoms with E-state index in [0.29, 0.717) is 63.4 Å². The maximum Gasteiger partial charge on any atom is 0.430 e. The Bertz CT molecular complexity index is 1140. The zero-order valence-electron chi connectivity index (χ0n) is 21.4. The molecule has 2 aromatic carbocycles. The fourth-order valence-corrected chi connectivity index (χ4v) is 5.06. The van der Waals surface area contributed by atoms with Crippen molar-refractivity contribution < 1.29 is 45.4 Å². The summed E-state index contributed by atoms with van der Waals surface area (Å²) >= 11 is 0. The van der Waals surface area contributed by atoms with Crippen molar-refractivity contribution in [2.45, 2.75) is 56.2 Å². The molecule has 3 N–H and O–H groups in total. The van der Waals surface area contributed by atoms with Crippen molar-refractivity contribution in [1.29, 1.82) is 0 Å². The average Bonchev–Trinajstić information content (AvgIpc) is 3.38. The molecule has 2 aliphatic rings. The molecule has 40 heavy (non-hydrogen) atoms. The first kappa shape index (κ1) is 30.1. The van der Waals surface area contributed by atoms with Crippen LogP contribution in [0.1, 0.15) is 36.0 Å². The van der Waals surface area contributed by atoms with Crippen molar-refractivity contribution >= 4 is 11.7 Å². The molecule has 0 aromatic heterocycles. The first-order valence-corrected chi connectivity index (χ1v) is 12.9. The standard InChI is InChI=1S/C27H30F7N3O3/c28-22-14-19(3-6-23(22)36-24(38)35-21-9-12-40-16-21)13-17-7-10-37(11-8-17)15-18-1-4-20(5-2-18)25(39,26(29,30)31)27(32,33)34/h1-6,14,17,21,39H,7-13,15-16H2,(H2,35,36,38). The van der Waals surface area contributed by atoms with Crippen LogP contribution in [0.3, 0.4) is 0 Å². The van der Waals surface area contributed by atoms with E-state index in [1.54, 1.807) is 6.07 Å². The van der Waals surface area contributed by atoms with E-state index >= 15 is 0 Å². The number of amides is 2. The predicted octanol–water partition coefficient (Wildman–Crippen LogP) is 5.50. The van der Waals surface area contributed by atoms with E-state index in [2.05, 4.69) is 10.6 Å². The van der Waals surface area contributed by atoms with Gasteiger partial charge in [0.15, 0.2) is 0 Å². The number of carbonyl (C=O) groups excluding carboxylic acids is 1. The Morgan fingerprint density at radius 2 is 1.57 bits per heavy atom. The lowest BCUT2D eigenvalue weighted by molar-refractivity contribution is -0.376. The number of hydrogen-bond donors (Lipinski definition) is 3. The van der Waals surface area contributed by atoms with Gasteiger partial charge in [0.05, 0.1) is 18.3 Å². The third-order valence-corrected chi connectivity index (χ3v) is 7.38. The Kier molecular flexibility index (Phi) is 8.96. The molecule has 0 aliphatic carbocycles. The van der Waals surface area contributed by atoms with E-state index in [1.165, 1.54) is 12.1 Å². The molecule has 2 aliphatic heterocycles. The lowest BCUT2D eigenvalue weighted by atomic mass is 9.89. The van der Waals surface area contributed by atoms with E-state index in [9.17, 15) is 40.6 Å². The summed E-state index contributed by atoms with van der Waals surface area (Å²) in [5.41, 5.74) is -4.86. The van der Waals surface area contributed by atoms with Crippen LogP contribution in [-0.2, 0) is 23.3 Å². The molecule has 0 saturated carbocycles. The SMILES string of the molecule is O=C(Nc1ccc(CC2CCN(Cc3ccc(C(O)(C(F)(F)F)C(F)(F)F)cc3)CC2)cc1F)NC1CCOC1. The summed E-state index contributed by atoms with van der Waals surface area (Å²) in [5.74, 6) is -0.282. The number of nitrogens with zero attached hydrogens (tertiary/aromatic N) is 1. The minimum absolute atomic E-state index is 0.0740. The molecule has 0 radical (unpaired) electrons. The number of alkyl halides is 6. The summed E-state index contributed by atoms with van der Waals surface area (Å²) in [6.45, 7) is 2.62. The highest BCUT2D eigenvalue weighted by Crippen LogP contribution is 2.50. The van der Waals surface area contributed by atoms with Gasteiger partial charge in [0.1, 0.15) is 5.82 Å². The van der Waals surface area contributed by atoms with Crippen LogP contribution in [-0.4, -0.2) is 60.7 Å². The van der Waals surface area contributed by atoms with Gasteiger partial charge in [-0.15, -0.1) is 0 Å². The second-order valence-electron chi connectivity index (χ2n) is 10.3. The fraction of sp³-hybridized carbons (Fsp3) is 0.519. The number of benzene rings is 2. The molecule has 2 saturated heterocycles. The molecule has 0 spiro atoms. The number of hydrogen-bond acceptors (Lipinski definition) is 4. The van der Waals surface area contributed by atoms with E-state index in [-0.39, 0.29) is 17.6 Å². The van der Waals surface area contributed by atoms with Gasteiger partial charge in [0.2, 0.25) is 0 Å². The number of urea groups is 1. The van der Waals surface area contributed by atoms with E-state index < -0.39 is 35.4 Å². The predicted molar refractivity (Wildman–Crippen MR) is 132 cm³/mol. The van der Waals surface area contributed by atoms with Crippen molar-refractivity contribution in [2.24, 2.45) is 5.92 Å². The van der Waals surface area contributed by atoms with Gasteiger partial charge in [0, 0.05) is 18.7 Å². The summed E-state index contributed by atoms with van der Waals surface area (Å²) in [4.78, 5) is 14.1. The molecular formula is C27H30F7N3O3.